The lowest BCUT2D eigenvalue weighted by atomic mass is 9.96. The Morgan fingerprint density at radius 1 is 1.19 bits per heavy atom. The van der Waals surface area contributed by atoms with Crippen LogP contribution in [0.3, 0.4) is 0 Å². The second-order valence-corrected chi connectivity index (χ2v) is 6.52. The molecule has 1 aliphatic heterocycles. The number of hydrogen-bond acceptors (Lipinski definition) is 4. The highest BCUT2D eigenvalue weighted by molar-refractivity contribution is 7.15. The number of thiazole rings is 1. The number of hydrogen-bond donors (Lipinski definition) is 2. The van der Waals surface area contributed by atoms with E-state index in [1.165, 1.54) is 26.9 Å². The quantitative estimate of drug-likeness (QED) is 0.762. The van der Waals surface area contributed by atoms with Crippen LogP contribution >= 0.6 is 11.3 Å². The lowest BCUT2D eigenvalue weighted by Gasteiger charge is -2.23. The molecule has 0 aliphatic carbocycles. The van der Waals surface area contributed by atoms with E-state index in [4.69, 9.17) is 5.73 Å². The van der Waals surface area contributed by atoms with Gasteiger partial charge in [0.15, 0.2) is 5.13 Å². The molecule has 2 heterocycles. The molecule has 1 atom stereocenters. The summed E-state index contributed by atoms with van der Waals surface area (Å²) in [6.07, 6.45) is 1.96. The number of nitrogens with zero attached hydrogens (tertiary/aromatic N) is 1. The molecule has 3 aromatic rings. The fraction of sp³-hybridized carbons (Fsp3) is 0.235. The Hall–Kier alpha value is -1.91. The minimum absolute atomic E-state index is 0.328. The molecule has 0 fully saturated rings. The van der Waals surface area contributed by atoms with E-state index in [0.29, 0.717) is 11.2 Å². The molecule has 106 valence electrons. The van der Waals surface area contributed by atoms with Crippen molar-refractivity contribution in [1.82, 2.24) is 10.3 Å². The van der Waals surface area contributed by atoms with E-state index in [1.54, 1.807) is 11.3 Å². The summed E-state index contributed by atoms with van der Waals surface area (Å²) >= 11 is 1.63. The fourth-order valence-corrected chi connectivity index (χ4v) is 4.10. The minimum atomic E-state index is 0.328. The van der Waals surface area contributed by atoms with Crippen LogP contribution in [0, 0.1) is 0 Å². The standard InChI is InChI=1S/C17H17N3S/c18-17-20-14-8-9-19-15(16(14)21-17)10-12-6-3-5-11-4-1-2-7-13(11)12/h1-7,15,19H,8-10H2,(H2,18,20). The van der Waals surface area contributed by atoms with Crippen molar-refractivity contribution in [3.8, 4) is 0 Å². The van der Waals surface area contributed by atoms with Gasteiger partial charge in [0.1, 0.15) is 0 Å². The van der Waals surface area contributed by atoms with Crippen LogP contribution in [0.4, 0.5) is 5.13 Å². The maximum absolute atomic E-state index is 5.88. The van der Waals surface area contributed by atoms with E-state index >= 15 is 0 Å². The number of aromatic nitrogens is 1. The number of anilines is 1. The van der Waals surface area contributed by atoms with Gasteiger partial charge in [0.05, 0.1) is 5.69 Å². The predicted molar refractivity (Wildman–Crippen MR) is 88.6 cm³/mol. The molecule has 1 aliphatic rings. The zero-order valence-corrected chi connectivity index (χ0v) is 12.5. The van der Waals surface area contributed by atoms with Gasteiger partial charge < -0.3 is 11.1 Å². The van der Waals surface area contributed by atoms with Crippen LogP contribution in [0.2, 0.25) is 0 Å². The molecule has 0 spiro atoms. The van der Waals surface area contributed by atoms with Gasteiger partial charge in [-0.3, -0.25) is 0 Å². The molecule has 3 nitrogen and oxygen atoms in total. The molecule has 2 aromatic carbocycles. The van der Waals surface area contributed by atoms with Crippen LogP contribution in [-0.2, 0) is 12.8 Å². The van der Waals surface area contributed by atoms with E-state index < -0.39 is 0 Å². The molecule has 1 aromatic heterocycles. The Labute approximate surface area is 127 Å². The van der Waals surface area contributed by atoms with Crippen molar-refractivity contribution in [3.63, 3.8) is 0 Å². The van der Waals surface area contributed by atoms with E-state index in [2.05, 4.69) is 52.8 Å². The Balaban J connectivity index is 1.73. The highest BCUT2D eigenvalue weighted by atomic mass is 32.1. The number of nitrogens with two attached hydrogens (primary N) is 1. The molecule has 1 unspecified atom stereocenters. The number of nitrogen functional groups attached to an aromatic ring is 1. The van der Waals surface area contributed by atoms with E-state index in [1.807, 2.05) is 0 Å². The normalized spacial score (nSPS) is 17.8. The number of fused-ring (bicyclic) bond motifs is 2. The van der Waals surface area contributed by atoms with E-state index in [-0.39, 0.29) is 0 Å². The lowest BCUT2D eigenvalue weighted by molar-refractivity contribution is 0.508. The summed E-state index contributed by atoms with van der Waals surface area (Å²) < 4.78 is 0. The van der Waals surface area contributed by atoms with Gasteiger partial charge in [-0.15, -0.1) is 11.3 Å². The zero-order valence-electron chi connectivity index (χ0n) is 11.7. The van der Waals surface area contributed by atoms with Crippen molar-refractivity contribution in [3.05, 3.63) is 58.6 Å². The fourth-order valence-electron chi connectivity index (χ4n) is 3.15. The third kappa shape index (κ3) is 2.30. The summed E-state index contributed by atoms with van der Waals surface area (Å²) in [5.74, 6) is 0. The predicted octanol–water partition coefficient (Wildman–Crippen LogP) is 3.31. The molecule has 0 radical (unpaired) electrons. The van der Waals surface area contributed by atoms with Gasteiger partial charge in [0.2, 0.25) is 0 Å². The van der Waals surface area contributed by atoms with Crippen LogP contribution in [0.15, 0.2) is 42.5 Å². The third-order valence-corrected chi connectivity index (χ3v) is 5.16. The van der Waals surface area contributed by atoms with Gasteiger partial charge in [0.25, 0.3) is 0 Å². The molecular weight excluding hydrogens is 278 g/mol. The first-order chi connectivity index (χ1) is 10.3. The maximum atomic E-state index is 5.88. The molecule has 0 saturated carbocycles. The monoisotopic (exact) mass is 295 g/mol. The van der Waals surface area contributed by atoms with Gasteiger partial charge in [-0.05, 0) is 22.8 Å². The summed E-state index contributed by atoms with van der Waals surface area (Å²) in [5, 5.41) is 6.94. The van der Waals surface area contributed by atoms with Crippen LogP contribution in [0.1, 0.15) is 22.2 Å². The second-order valence-electron chi connectivity index (χ2n) is 5.46. The van der Waals surface area contributed by atoms with Gasteiger partial charge in [-0.1, -0.05) is 42.5 Å². The largest absolute Gasteiger partial charge is 0.375 e. The molecule has 4 heteroatoms. The van der Waals surface area contributed by atoms with Crippen molar-refractivity contribution in [2.24, 2.45) is 0 Å². The molecule has 0 bridgehead atoms. The van der Waals surface area contributed by atoms with Crippen molar-refractivity contribution >= 4 is 27.2 Å². The summed E-state index contributed by atoms with van der Waals surface area (Å²) in [7, 11) is 0. The average Bonchev–Trinajstić information content (AvgIpc) is 2.89. The molecule has 4 rings (SSSR count). The SMILES string of the molecule is Nc1nc2c(s1)C(Cc1cccc3ccccc13)NCC2. The molecule has 21 heavy (non-hydrogen) atoms. The van der Waals surface area contributed by atoms with Crippen molar-refractivity contribution < 1.29 is 0 Å². The average molecular weight is 295 g/mol. The minimum Gasteiger partial charge on any atom is -0.375 e. The number of benzene rings is 2. The number of rotatable bonds is 2. The molecule has 3 N–H and O–H groups in total. The van der Waals surface area contributed by atoms with E-state index in [9.17, 15) is 0 Å². The van der Waals surface area contributed by atoms with Crippen LogP contribution < -0.4 is 11.1 Å². The van der Waals surface area contributed by atoms with Crippen LogP contribution in [0.25, 0.3) is 10.8 Å². The summed E-state index contributed by atoms with van der Waals surface area (Å²) in [6.45, 7) is 0.978. The second kappa shape index (κ2) is 5.13. The highest BCUT2D eigenvalue weighted by Crippen LogP contribution is 2.33. The Kier molecular flexibility index (Phi) is 3.13. The van der Waals surface area contributed by atoms with Crippen molar-refractivity contribution in [2.75, 3.05) is 12.3 Å². The third-order valence-electron chi connectivity index (χ3n) is 4.12. The molecule has 0 amide bonds. The van der Waals surface area contributed by atoms with Crippen molar-refractivity contribution in [1.29, 1.82) is 0 Å². The number of nitrogens with one attached hydrogen (secondary N) is 1. The van der Waals surface area contributed by atoms with Gasteiger partial charge >= 0.3 is 0 Å². The molecular formula is C17H17N3S. The van der Waals surface area contributed by atoms with Gasteiger partial charge in [0, 0.05) is 23.9 Å². The van der Waals surface area contributed by atoms with Crippen LogP contribution in [0.5, 0.6) is 0 Å². The summed E-state index contributed by atoms with van der Waals surface area (Å²) in [6, 6.07) is 15.4. The van der Waals surface area contributed by atoms with Gasteiger partial charge in [-0.25, -0.2) is 4.98 Å². The van der Waals surface area contributed by atoms with Crippen molar-refractivity contribution in [2.45, 2.75) is 18.9 Å². The Morgan fingerprint density at radius 2 is 2.05 bits per heavy atom. The van der Waals surface area contributed by atoms with Crippen LogP contribution in [-0.4, -0.2) is 11.5 Å². The highest BCUT2D eigenvalue weighted by Gasteiger charge is 2.24. The zero-order chi connectivity index (χ0) is 14.2. The first-order valence-corrected chi connectivity index (χ1v) is 8.08. The summed E-state index contributed by atoms with van der Waals surface area (Å²) in [5.41, 5.74) is 8.45. The smallest absolute Gasteiger partial charge is 0.180 e. The summed E-state index contributed by atoms with van der Waals surface area (Å²) in [4.78, 5) is 5.77. The topological polar surface area (TPSA) is 50.9 Å². The molecule has 0 saturated heterocycles. The maximum Gasteiger partial charge on any atom is 0.180 e. The first-order valence-electron chi connectivity index (χ1n) is 7.26. The van der Waals surface area contributed by atoms with E-state index in [0.717, 1.165) is 19.4 Å². The first kappa shape index (κ1) is 12.8. The van der Waals surface area contributed by atoms with Gasteiger partial charge in [-0.2, -0.15) is 0 Å². The lowest BCUT2D eigenvalue weighted by Crippen LogP contribution is -2.30. The Bertz CT molecular complexity index is 788. The Morgan fingerprint density at radius 3 is 3.00 bits per heavy atom.